The zero-order valence-electron chi connectivity index (χ0n) is 17.7. The normalized spacial score (nSPS) is 15.8. The largest absolute Gasteiger partial charge is 0.444 e. The highest BCUT2D eigenvalue weighted by Crippen LogP contribution is 2.32. The number of carbonyl (C=O) groups excluding carboxylic acids is 1. The van der Waals surface area contributed by atoms with E-state index in [-0.39, 0.29) is 18.7 Å². The van der Waals surface area contributed by atoms with Crippen molar-refractivity contribution in [1.29, 1.82) is 0 Å². The molecular weight excluding hydrogens is 392 g/mol. The molecule has 0 saturated carbocycles. The van der Waals surface area contributed by atoms with E-state index in [1.807, 2.05) is 13.8 Å². The fourth-order valence-corrected chi connectivity index (χ4v) is 4.45. The highest BCUT2D eigenvalue weighted by Gasteiger charge is 2.24. The summed E-state index contributed by atoms with van der Waals surface area (Å²) in [6.07, 6.45) is 5.42. The van der Waals surface area contributed by atoms with Crippen molar-refractivity contribution in [1.82, 2.24) is 14.9 Å². The van der Waals surface area contributed by atoms with Crippen molar-refractivity contribution < 1.29 is 10.6 Å². The Morgan fingerprint density at radius 3 is 2.61 bits per heavy atom. The van der Waals surface area contributed by atoms with Crippen molar-refractivity contribution in [2.24, 2.45) is 5.92 Å². The van der Waals surface area contributed by atoms with E-state index < -0.39 is 0 Å². The Bertz CT molecular complexity index is 750. The fourth-order valence-electron chi connectivity index (χ4n) is 2.72. The molecule has 2 aromatic rings. The Balaban J connectivity index is 0.00000136. The van der Waals surface area contributed by atoms with E-state index in [0.29, 0.717) is 16.8 Å². The summed E-state index contributed by atoms with van der Waals surface area (Å²) in [6.45, 7) is 12.3. The molecule has 8 heteroatoms. The van der Waals surface area contributed by atoms with Gasteiger partial charge in [-0.15, -0.1) is 11.8 Å². The van der Waals surface area contributed by atoms with E-state index in [4.69, 9.17) is 4.42 Å². The van der Waals surface area contributed by atoms with Crippen molar-refractivity contribution in [3.8, 4) is 0 Å². The molecule has 1 aliphatic heterocycles. The van der Waals surface area contributed by atoms with Crippen LogP contribution in [0, 0.1) is 5.92 Å². The maximum Gasteiger partial charge on any atom is 0.229 e. The number of carbonyl (C=O) groups is 1. The van der Waals surface area contributed by atoms with E-state index in [9.17, 15) is 4.79 Å². The zero-order valence-corrected chi connectivity index (χ0v) is 19.4. The molecule has 2 aromatic heterocycles. The Morgan fingerprint density at radius 1 is 1.32 bits per heavy atom. The van der Waals surface area contributed by atoms with Gasteiger partial charge in [-0.25, -0.2) is 9.97 Å². The summed E-state index contributed by atoms with van der Waals surface area (Å²) in [5, 5.41) is 3.63. The van der Waals surface area contributed by atoms with Gasteiger partial charge in [-0.05, 0) is 33.0 Å². The summed E-state index contributed by atoms with van der Waals surface area (Å²) in [4.78, 5) is 23.3. The molecule has 0 atom stereocenters. The highest BCUT2D eigenvalue weighted by atomic mass is 32.2. The third-order valence-electron chi connectivity index (χ3n) is 4.43. The average Bonchev–Trinajstić information content (AvgIpc) is 3.31. The van der Waals surface area contributed by atoms with Crippen molar-refractivity contribution >= 4 is 34.1 Å². The van der Waals surface area contributed by atoms with Crippen LogP contribution in [0.5, 0.6) is 0 Å². The van der Waals surface area contributed by atoms with Crippen LogP contribution in [0.3, 0.4) is 0 Å². The molecule has 3 rings (SSSR count). The number of hydrogen-bond donors (Lipinski definition) is 1. The van der Waals surface area contributed by atoms with Crippen molar-refractivity contribution in [2.75, 3.05) is 25.5 Å². The minimum Gasteiger partial charge on any atom is -0.444 e. The van der Waals surface area contributed by atoms with Crippen LogP contribution in [0.15, 0.2) is 21.0 Å². The van der Waals surface area contributed by atoms with Gasteiger partial charge in [-0.3, -0.25) is 4.79 Å². The number of nitrogens with one attached hydrogen (secondary N) is 1. The lowest BCUT2D eigenvalue weighted by molar-refractivity contribution is -0.121. The van der Waals surface area contributed by atoms with Gasteiger partial charge in [0.15, 0.2) is 5.13 Å². The van der Waals surface area contributed by atoms with Crippen LogP contribution in [0.1, 0.15) is 60.5 Å². The molecule has 158 valence electrons. The Hall–Kier alpha value is -1.38. The summed E-state index contributed by atoms with van der Waals surface area (Å²) in [7, 11) is 2.09. The topological polar surface area (TPSA) is 71.3 Å². The second kappa shape index (κ2) is 10.4. The first-order chi connectivity index (χ1) is 13.3. The molecule has 0 aliphatic carbocycles. The third-order valence-corrected chi connectivity index (χ3v) is 6.53. The lowest BCUT2D eigenvalue weighted by atomic mass is 9.94. The van der Waals surface area contributed by atoms with Gasteiger partial charge >= 0.3 is 0 Å². The Morgan fingerprint density at radius 2 is 2.00 bits per heavy atom. The van der Waals surface area contributed by atoms with Gasteiger partial charge in [0, 0.05) is 12.8 Å². The number of likely N-dealkylation sites (tertiary alicyclic amines) is 1. The van der Waals surface area contributed by atoms with E-state index in [2.05, 4.69) is 48.0 Å². The van der Waals surface area contributed by atoms with Gasteiger partial charge in [-0.2, -0.15) is 0 Å². The van der Waals surface area contributed by atoms with Gasteiger partial charge < -0.3 is 14.6 Å². The van der Waals surface area contributed by atoms with Crippen molar-refractivity contribution in [2.45, 2.75) is 62.8 Å². The van der Waals surface area contributed by atoms with Crippen LogP contribution in [-0.4, -0.2) is 40.9 Å². The first-order valence-corrected chi connectivity index (χ1v) is 11.6. The van der Waals surface area contributed by atoms with E-state index >= 15 is 0 Å². The predicted octanol–water partition coefficient (Wildman–Crippen LogP) is 5.27. The molecule has 0 radical (unpaired) electrons. The number of aromatic nitrogens is 2. The van der Waals surface area contributed by atoms with Gasteiger partial charge in [0.2, 0.25) is 11.8 Å². The second-order valence-electron chi connectivity index (χ2n) is 7.71. The highest BCUT2D eigenvalue weighted by molar-refractivity contribution is 8.00. The molecule has 0 unspecified atom stereocenters. The number of piperidine rings is 1. The fraction of sp³-hybridized carbons (Fsp3) is 0.650. The standard InChI is InChI=1S/C18H26N4O2S2.C2H6.H2/c1-18(2,3)13-9-19-14(24-13)11-25-15-10-20-17(26-15)21-16(23)12-5-7-22(4)8-6-12;1-2;/h9-10,12H,5-8,11H2,1-4H3,(H,20,21,23);1-2H3;1H. The molecule has 3 heterocycles. The van der Waals surface area contributed by atoms with Crippen LogP contribution in [0.25, 0.3) is 0 Å². The molecule has 1 saturated heterocycles. The molecule has 1 aliphatic rings. The summed E-state index contributed by atoms with van der Waals surface area (Å²) < 4.78 is 6.85. The smallest absolute Gasteiger partial charge is 0.229 e. The van der Waals surface area contributed by atoms with Gasteiger partial charge in [-0.1, -0.05) is 46.0 Å². The quantitative estimate of drug-likeness (QED) is 0.656. The Kier molecular flexibility index (Phi) is 8.52. The minimum absolute atomic E-state index is 0. The van der Waals surface area contributed by atoms with Gasteiger partial charge in [0.1, 0.15) is 5.76 Å². The number of amides is 1. The van der Waals surface area contributed by atoms with Gasteiger partial charge in [0.25, 0.3) is 0 Å². The van der Waals surface area contributed by atoms with E-state index in [0.717, 1.165) is 35.9 Å². The number of rotatable bonds is 5. The van der Waals surface area contributed by atoms with Crippen LogP contribution in [0.4, 0.5) is 5.13 Å². The second-order valence-corrected chi connectivity index (χ2v) is 10.0. The summed E-state index contributed by atoms with van der Waals surface area (Å²) in [5.41, 5.74) is -0.0359. The Labute approximate surface area is 178 Å². The van der Waals surface area contributed by atoms with Crippen LogP contribution in [-0.2, 0) is 16.0 Å². The third kappa shape index (κ3) is 6.60. The molecule has 0 aromatic carbocycles. The summed E-state index contributed by atoms with van der Waals surface area (Å²) in [6, 6.07) is 0. The van der Waals surface area contributed by atoms with Crippen LogP contribution < -0.4 is 5.32 Å². The number of thioether (sulfide) groups is 1. The van der Waals surface area contributed by atoms with E-state index in [1.165, 1.54) is 11.3 Å². The summed E-state index contributed by atoms with van der Waals surface area (Å²) >= 11 is 3.12. The number of oxazole rings is 1. The SMILES string of the molecule is CC.CN1CCC(C(=O)Nc2ncc(SCc3ncc(C(C)(C)C)o3)s2)CC1.[HH]. The first-order valence-electron chi connectivity index (χ1n) is 9.84. The predicted molar refractivity (Wildman–Crippen MR) is 119 cm³/mol. The monoisotopic (exact) mass is 426 g/mol. The maximum absolute atomic E-state index is 12.4. The van der Waals surface area contributed by atoms with Crippen molar-refractivity contribution in [3.05, 3.63) is 24.0 Å². The number of hydrogen-bond acceptors (Lipinski definition) is 7. The number of thiazole rings is 1. The van der Waals surface area contributed by atoms with Crippen molar-refractivity contribution in [3.63, 3.8) is 0 Å². The molecule has 1 fully saturated rings. The average molecular weight is 427 g/mol. The minimum atomic E-state index is -0.0359. The molecule has 28 heavy (non-hydrogen) atoms. The maximum atomic E-state index is 12.4. The molecule has 6 nitrogen and oxygen atoms in total. The molecule has 0 spiro atoms. The zero-order chi connectivity index (χ0) is 20.7. The van der Waals surface area contributed by atoms with Crippen LogP contribution >= 0.6 is 23.1 Å². The lowest BCUT2D eigenvalue weighted by Gasteiger charge is -2.27. The first kappa shape index (κ1) is 22.9. The molecule has 1 amide bonds. The number of anilines is 1. The summed E-state index contributed by atoms with van der Waals surface area (Å²) in [5.74, 6) is 2.44. The number of nitrogens with zero attached hydrogens (tertiary/aromatic N) is 3. The molecule has 1 N–H and O–H groups in total. The lowest BCUT2D eigenvalue weighted by Crippen LogP contribution is -2.35. The molecular formula is C20H34N4O2S2. The van der Waals surface area contributed by atoms with Gasteiger partial charge in [0.05, 0.1) is 22.4 Å². The van der Waals surface area contributed by atoms with E-state index in [1.54, 1.807) is 24.2 Å². The molecule has 0 bridgehead atoms. The van der Waals surface area contributed by atoms with Crippen LogP contribution in [0.2, 0.25) is 0 Å².